The molecule has 0 unspecified atom stereocenters. The third-order valence-electron chi connectivity index (χ3n) is 5.15. The first-order valence-electron chi connectivity index (χ1n) is 9.23. The average Bonchev–Trinajstić information content (AvgIpc) is 3.29. The molecule has 0 atom stereocenters. The summed E-state index contributed by atoms with van der Waals surface area (Å²) in [5.41, 5.74) is 2.63. The van der Waals surface area contributed by atoms with Crippen LogP contribution in [0.5, 0.6) is 11.5 Å². The molecule has 4 rings (SSSR count). The maximum absolute atomic E-state index is 12.7. The maximum atomic E-state index is 12.7. The minimum atomic E-state index is 0.169. The van der Waals surface area contributed by atoms with Crippen LogP contribution in [0, 0.1) is 0 Å². The van der Waals surface area contributed by atoms with Gasteiger partial charge in [-0.2, -0.15) is 0 Å². The van der Waals surface area contributed by atoms with E-state index in [0.717, 1.165) is 59.6 Å². The molecule has 0 spiro atoms. The Morgan fingerprint density at radius 3 is 2.68 bits per heavy atom. The van der Waals surface area contributed by atoms with Crippen molar-refractivity contribution < 1.29 is 14.3 Å². The zero-order valence-corrected chi connectivity index (χ0v) is 17.2. The van der Waals surface area contributed by atoms with Crippen LogP contribution in [-0.4, -0.2) is 72.5 Å². The van der Waals surface area contributed by atoms with E-state index in [-0.39, 0.29) is 5.91 Å². The number of methoxy groups -OCH3 is 2. The Labute approximate surface area is 168 Å². The van der Waals surface area contributed by atoms with Gasteiger partial charge in [-0.3, -0.25) is 9.20 Å². The van der Waals surface area contributed by atoms with Crippen molar-refractivity contribution in [2.45, 2.75) is 6.42 Å². The summed E-state index contributed by atoms with van der Waals surface area (Å²) in [6.07, 6.45) is 2.35. The molecule has 1 aliphatic rings. The highest BCUT2D eigenvalue weighted by Gasteiger charge is 2.21. The van der Waals surface area contributed by atoms with Crippen LogP contribution in [0.3, 0.4) is 0 Å². The molecule has 0 N–H and O–H groups in total. The SMILES string of the molecule is COc1ccc(OC)c(-c2cn3c(CC(=O)N4CCN(C)CC4)csc3n2)c1. The average molecular weight is 401 g/mol. The van der Waals surface area contributed by atoms with Crippen molar-refractivity contribution in [2.75, 3.05) is 47.4 Å². The van der Waals surface area contributed by atoms with Crippen LogP contribution in [0.25, 0.3) is 16.2 Å². The molecule has 1 amide bonds. The van der Waals surface area contributed by atoms with E-state index in [1.54, 1.807) is 25.6 Å². The van der Waals surface area contributed by atoms with E-state index in [1.807, 2.05) is 39.1 Å². The lowest BCUT2D eigenvalue weighted by Crippen LogP contribution is -2.47. The third-order valence-corrected chi connectivity index (χ3v) is 6.04. The summed E-state index contributed by atoms with van der Waals surface area (Å²) in [5.74, 6) is 1.65. The number of benzene rings is 1. The minimum Gasteiger partial charge on any atom is -0.497 e. The zero-order chi connectivity index (χ0) is 19.7. The first kappa shape index (κ1) is 18.8. The molecule has 1 fully saturated rings. The van der Waals surface area contributed by atoms with E-state index in [2.05, 4.69) is 11.9 Å². The van der Waals surface area contributed by atoms with E-state index in [9.17, 15) is 4.79 Å². The van der Waals surface area contributed by atoms with Gasteiger partial charge in [0.2, 0.25) is 5.91 Å². The fourth-order valence-electron chi connectivity index (χ4n) is 3.42. The summed E-state index contributed by atoms with van der Waals surface area (Å²) in [6.45, 7) is 3.43. The number of likely N-dealkylation sites (N-methyl/N-ethyl adjacent to an activating group) is 1. The second-order valence-corrected chi connectivity index (χ2v) is 7.77. The second kappa shape index (κ2) is 7.81. The lowest BCUT2D eigenvalue weighted by molar-refractivity contribution is -0.132. The highest BCUT2D eigenvalue weighted by Crippen LogP contribution is 2.34. The lowest BCUT2D eigenvalue weighted by Gasteiger charge is -2.32. The fourth-order valence-corrected chi connectivity index (χ4v) is 4.30. The van der Waals surface area contributed by atoms with Crippen LogP contribution in [0.15, 0.2) is 29.8 Å². The van der Waals surface area contributed by atoms with Gasteiger partial charge in [0.05, 0.1) is 26.3 Å². The number of aromatic nitrogens is 2. The standard InChI is InChI=1S/C20H24N4O3S/c1-22-6-8-23(9-7-22)19(25)10-14-13-28-20-21-17(12-24(14)20)16-11-15(26-2)4-5-18(16)27-3/h4-5,11-13H,6-10H2,1-3H3. The Balaban J connectivity index is 1.60. The van der Waals surface area contributed by atoms with Gasteiger partial charge in [0.25, 0.3) is 0 Å². The van der Waals surface area contributed by atoms with Crippen molar-refractivity contribution in [3.05, 3.63) is 35.5 Å². The quantitative estimate of drug-likeness (QED) is 0.658. The Hall–Kier alpha value is -2.58. The van der Waals surface area contributed by atoms with Crippen LogP contribution >= 0.6 is 11.3 Å². The molecule has 28 heavy (non-hydrogen) atoms. The first-order chi connectivity index (χ1) is 13.6. The highest BCUT2D eigenvalue weighted by atomic mass is 32.1. The smallest absolute Gasteiger partial charge is 0.228 e. The Kier molecular flexibility index (Phi) is 5.23. The van der Waals surface area contributed by atoms with Crippen LogP contribution in [-0.2, 0) is 11.2 Å². The molecule has 0 aliphatic carbocycles. The number of thiazole rings is 1. The third kappa shape index (κ3) is 3.57. The Morgan fingerprint density at radius 1 is 1.18 bits per heavy atom. The lowest BCUT2D eigenvalue weighted by atomic mass is 10.1. The van der Waals surface area contributed by atoms with Gasteiger partial charge in [-0.15, -0.1) is 11.3 Å². The van der Waals surface area contributed by atoms with Crippen LogP contribution in [0.2, 0.25) is 0 Å². The van der Waals surface area contributed by atoms with Crippen molar-refractivity contribution >= 4 is 22.2 Å². The molecule has 1 aliphatic heterocycles. The number of amides is 1. The predicted molar refractivity (Wildman–Crippen MR) is 109 cm³/mol. The molecule has 1 aromatic carbocycles. The van der Waals surface area contributed by atoms with Crippen LogP contribution < -0.4 is 9.47 Å². The van der Waals surface area contributed by atoms with E-state index < -0.39 is 0 Å². The number of carbonyl (C=O) groups is 1. The van der Waals surface area contributed by atoms with Crippen molar-refractivity contribution in [1.29, 1.82) is 0 Å². The molecule has 0 bridgehead atoms. The van der Waals surface area contributed by atoms with Crippen LogP contribution in [0.1, 0.15) is 5.69 Å². The van der Waals surface area contributed by atoms with E-state index in [0.29, 0.717) is 6.42 Å². The number of carbonyl (C=O) groups excluding carboxylic acids is 1. The summed E-state index contributed by atoms with van der Waals surface area (Å²) < 4.78 is 12.8. The van der Waals surface area contributed by atoms with Gasteiger partial charge in [-0.25, -0.2) is 4.98 Å². The highest BCUT2D eigenvalue weighted by molar-refractivity contribution is 7.15. The van der Waals surface area contributed by atoms with Gasteiger partial charge >= 0.3 is 0 Å². The Bertz CT molecular complexity index is 989. The molecule has 2 aromatic heterocycles. The molecule has 1 saturated heterocycles. The summed E-state index contributed by atoms with van der Waals surface area (Å²) in [5, 5.41) is 2.02. The molecule has 8 heteroatoms. The molecule has 0 saturated carbocycles. The molecular weight excluding hydrogens is 376 g/mol. The van der Waals surface area contributed by atoms with Crippen molar-refractivity contribution in [1.82, 2.24) is 19.2 Å². The largest absolute Gasteiger partial charge is 0.497 e. The van der Waals surface area contributed by atoms with E-state index >= 15 is 0 Å². The molecule has 0 radical (unpaired) electrons. The number of hydrogen-bond acceptors (Lipinski definition) is 6. The van der Waals surface area contributed by atoms with Gasteiger partial charge < -0.3 is 19.3 Å². The van der Waals surface area contributed by atoms with Crippen molar-refractivity contribution in [2.24, 2.45) is 0 Å². The van der Waals surface area contributed by atoms with Crippen molar-refractivity contribution in [3.8, 4) is 22.8 Å². The number of rotatable bonds is 5. The summed E-state index contributed by atoms with van der Waals surface area (Å²) in [7, 11) is 5.37. The molecular formula is C20H24N4O3S. The van der Waals surface area contributed by atoms with Gasteiger partial charge in [0.15, 0.2) is 4.96 Å². The summed E-state index contributed by atoms with van der Waals surface area (Å²) >= 11 is 1.54. The number of nitrogens with zero attached hydrogens (tertiary/aromatic N) is 4. The molecule has 7 nitrogen and oxygen atoms in total. The first-order valence-corrected chi connectivity index (χ1v) is 10.1. The van der Waals surface area contributed by atoms with E-state index in [4.69, 9.17) is 14.5 Å². The summed E-state index contributed by atoms with van der Waals surface area (Å²) in [4.78, 5) is 22.5. The molecule has 3 heterocycles. The molecule has 3 aromatic rings. The van der Waals surface area contributed by atoms with Crippen molar-refractivity contribution in [3.63, 3.8) is 0 Å². The van der Waals surface area contributed by atoms with Crippen LogP contribution in [0.4, 0.5) is 0 Å². The summed E-state index contributed by atoms with van der Waals surface area (Å²) in [6, 6.07) is 5.65. The fraction of sp³-hybridized carbons (Fsp3) is 0.400. The number of ether oxygens (including phenoxy) is 2. The normalized spacial score (nSPS) is 15.2. The number of fused-ring (bicyclic) bond motifs is 1. The van der Waals surface area contributed by atoms with Gasteiger partial charge in [0.1, 0.15) is 11.5 Å². The minimum absolute atomic E-state index is 0.169. The Morgan fingerprint density at radius 2 is 1.96 bits per heavy atom. The number of piperazine rings is 1. The maximum Gasteiger partial charge on any atom is 0.228 e. The number of imidazole rings is 1. The second-order valence-electron chi connectivity index (χ2n) is 6.93. The number of hydrogen-bond donors (Lipinski definition) is 0. The zero-order valence-electron chi connectivity index (χ0n) is 16.3. The monoisotopic (exact) mass is 400 g/mol. The van der Waals surface area contributed by atoms with Gasteiger partial charge in [-0.1, -0.05) is 0 Å². The van der Waals surface area contributed by atoms with Gasteiger partial charge in [0, 0.05) is 49.0 Å². The van der Waals surface area contributed by atoms with Gasteiger partial charge in [-0.05, 0) is 25.2 Å². The predicted octanol–water partition coefficient (Wildman–Crippen LogP) is 2.40. The molecule has 148 valence electrons. The van der Waals surface area contributed by atoms with E-state index in [1.165, 1.54) is 0 Å². The topological polar surface area (TPSA) is 59.3 Å².